The third-order valence-electron chi connectivity index (χ3n) is 1.37. The van der Waals surface area contributed by atoms with E-state index in [0.29, 0.717) is 5.92 Å². The molecule has 0 amide bonds. The molecular weight excluding hydrogens is 120 g/mol. The molecule has 0 heterocycles. The minimum Gasteiger partial charge on any atom is -0.118 e. The van der Waals surface area contributed by atoms with Crippen molar-refractivity contribution in [2.45, 2.75) is 25.6 Å². The Morgan fingerprint density at radius 2 is 2.00 bits per heavy atom. The zero-order valence-electron chi connectivity index (χ0n) is 5.53. The summed E-state index contributed by atoms with van der Waals surface area (Å²) in [7, 11) is 0. The molecule has 0 aromatic rings. The molecule has 0 rings (SSSR count). The van der Waals surface area contributed by atoms with E-state index in [-0.39, 0.29) is 0 Å². The van der Waals surface area contributed by atoms with Crippen LogP contribution in [0.5, 0.6) is 0 Å². The van der Waals surface area contributed by atoms with Crippen molar-refractivity contribution < 1.29 is 0 Å². The third kappa shape index (κ3) is 1.76. The topological polar surface area (TPSA) is 0 Å². The van der Waals surface area contributed by atoms with Crippen LogP contribution in [0.2, 0.25) is 0 Å². The van der Waals surface area contributed by atoms with Crippen LogP contribution in [-0.2, 0) is 0 Å². The molecule has 0 aliphatic carbocycles. The molecule has 0 radical (unpaired) electrons. The van der Waals surface area contributed by atoms with Gasteiger partial charge < -0.3 is 0 Å². The Labute approximate surface area is 56.2 Å². The van der Waals surface area contributed by atoms with Crippen molar-refractivity contribution >= 4 is 11.6 Å². The SMILES string of the molecule is C#CC(C)(Cl)C(C)C. The van der Waals surface area contributed by atoms with Gasteiger partial charge in [-0.3, -0.25) is 0 Å². The Balaban J connectivity index is 3.97. The maximum absolute atomic E-state index is 5.82. The first kappa shape index (κ1) is 7.85. The number of hydrogen-bond acceptors (Lipinski definition) is 0. The van der Waals surface area contributed by atoms with Gasteiger partial charge in [-0.25, -0.2) is 0 Å². The Kier molecular flexibility index (Phi) is 2.37. The highest BCUT2D eigenvalue weighted by Crippen LogP contribution is 2.22. The van der Waals surface area contributed by atoms with E-state index >= 15 is 0 Å². The summed E-state index contributed by atoms with van der Waals surface area (Å²) in [6.45, 7) is 5.86. The molecule has 1 unspecified atom stereocenters. The van der Waals surface area contributed by atoms with Crippen molar-refractivity contribution in [3.05, 3.63) is 0 Å². The van der Waals surface area contributed by atoms with E-state index in [1.165, 1.54) is 0 Å². The molecule has 0 N–H and O–H groups in total. The first-order valence-electron chi connectivity index (χ1n) is 2.67. The molecule has 0 saturated heterocycles. The van der Waals surface area contributed by atoms with Gasteiger partial charge in [-0.05, 0) is 12.8 Å². The molecule has 0 saturated carbocycles. The van der Waals surface area contributed by atoms with Gasteiger partial charge >= 0.3 is 0 Å². The van der Waals surface area contributed by atoms with Gasteiger partial charge in [0.15, 0.2) is 0 Å². The van der Waals surface area contributed by atoms with Gasteiger partial charge in [0.2, 0.25) is 0 Å². The molecule has 0 aromatic carbocycles. The van der Waals surface area contributed by atoms with Crippen LogP contribution in [0.25, 0.3) is 0 Å². The monoisotopic (exact) mass is 130 g/mol. The molecule has 1 heteroatoms. The molecule has 0 nitrogen and oxygen atoms in total. The van der Waals surface area contributed by atoms with E-state index in [1.54, 1.807) is 0 Å². The summed E-state index contributed by atoms with van der Waals surface area (Å²) >= 11 is 5.82. The number of halogens is 1. The van der Waals surface area contributed by atoms with Gasteiger partial charge in [-0.2, -0.15) is 0 Å². The molecular formula is C7H11Cl. The lowest BCUT2D eigenvalue weighted by molar-refractivity contribution is 0.553. The average Bonchev–Trinajstić information content (AvgIpc) is 1.67. The van der Waals surface area contributed by atoms with Crippen LogP contribution in [0, 0.1) is 18.3 Å². The fourth-order valence-corrected chi connectivity index (χ4v) is 0.167. The summed E-state index contributed by atoms with van der Waals surface area (Å²) in [5.74, 6) is 2.85. The molecule has 0 aliphatic rings. The summed E-state index contributed by atoms with van der Waals surface area (Å²) < 4.78 is 0. The minimum atomic E-state index is -0.458. The molecule has 46 valence electrons. The second-order valence-corrected chi connectivity index (χ2v) is 3.16. The second kappa shape index (κ2) is 2.42. The lowest BCUT2D eigenvalue weighted by Crippen LogP contribution is -2.20. The molecule has 0 aromatic heterocycles. The summed E-state index contributed by atoms with van der Waals surface area (Å²) in [4.78, 5) is -0.458. The number of rotatable bonds is 1. The molecule has 1 atom stereocenters. The van der Waals surface area contributed by atoms with Crippen LogP contribution in [-0.4, -0.2) is 4.87 Å². The average molecular weight is 131 g/mol. The zero-order valence-corrected chi connectivity index (χ0v) is 6.29. The van der Waals surface area contributed by atoms with E-state index in [4.69, 9.17) is 18.0 Å². The highest BCUT2D eigenvalue weighted by molar-refractivity contribution is 6.25. The summed E-state index contributed by atoms with van der Waals surface area (Å²) in [6, 6.07) is 0. The Hall–Kier alpha value is -0.150. The maximum atomic E-state index is 5.82. The van der Waals surface area contributed by atoms with Gasteiger partial charge in [-0.1, -0.05) is 19.8 Å². The smallest absolute Gasteiger partial charge is 0.104 e. The largest absolute Gasteiger partial charge is 0.118 e. The fraction of sp³-hybridized carbons (Fsp3) is 0.714. The predicted octanol–water partition coefficient (Wildman–Crippen LogP) is 2.27. The van der Waals surface area contributed by atoms with Crippen LogP contribution in [0.15, 0.2) is 0 Å². The van der Waals surface area contributed by atoms with Crippen molar-refractivity contribution in [1.82, 2.24) is 0 Å². The van der Waals surface area contributed by atoms with Gasteiger partial charge in [0.05, 0.1) is 0 Å². The van der Waals surface area contributed by atoms with Crippen LogP contribution >= 0.6 is 11.6 Å². The second-order valence-electron chi connectivity index (χ2n) is 2.37. The molecule has 0 bridgehead atoms. The molecule has 8 heavy (non-hydrogen) atoms. The standard InChI is InChI=1S/C7H11Cl/c1-5-7(4,8)6(2)3/h1,6H,2-4H3. The van der Waals surface area contributed by atoms with E-state index in [0.717, 1.165) is 0 Å². The predicted molar refractivity (Wildman–Crippen MR) is 37.9 cm³/mol. The van der Waals surface area contributed by atoms with Gasteiger partial charge in [0.25, 0.3) is 0 Å². The van der Waals surface area contributed by atoms with Crippen LogP contribution in [0.4, 0.5) is 0 Å². The lowest BCUT2D eigenvalue weighted by atomic mass is 9.98. The van der Waals surface area contributed by atoms with E-state index in [2.05, 4.69) is 5.92 Å². The highest BCUT2D eigenvalue weighted by atomic mass is 35.5. The fourth-order valence-electron chi connectivity index (χ4n) is 0.167. The number of alkyl halides is 1. The Bertz CT molecular complexity index is 106. The van der Waals surface area contributed by atoms with Gasteiger partial charge in [0.1, 0.15) is 4.87 Å². The van der Waals surface area contributed by atoms with Crippen molar-refractivity contribution in [1.29, 1.82) is 0 Å². The van der Waals surface area contributed by atoms with Gasteiger partial charge in [0, 0.05) is 0 Å². The highest BCUT2D eigenvalue weighted by Gasteiger charge is 2.20. The van der Waals surface area contributed by atoms with Crippen molar-refractivity contribution in [3.63, 3.8) is 0 Å². The molecule has 0 aliphatic heterocycles. The minimum absolute atomic E-state index is 0.342. The summed E-state index contributed by atoms with van der Waals surface area (Å²) in [6.07, 6.45) is 5.13. The molecule has 0 fully saturated rings. The van der Waals surface area contributed by atoms with E-state index < -0.39 is 4.87 Å². The third-order valence-corrected chi connectivity index (χ3v) is 1.91. The summed E-state index contributed by atoms with van der Waals surface area (Å²) in [5, 5.41) is 0. The number of hydrogen-bond donors (Lipinski definition) is 0. The van der Waals surface area contributed by atoms with Gasteiger partial charge in [-0.15, -0.1) is 18.0 Å². The number of terminal acetylenes is 1. The van der Waals surface area contributed by atoms with Crippen molar-refractivity contribution in [2.24, 2.45) is 5.92 Å². The zero-order chi connectivity index (χ0) is 6.78. The van der Waals surface area contributed by atoms with Crippen molar-refractivity contribution in [2.75, 3.05) is 0 Å². The van der Waals surface area contributed by atoms with E-state index in [1.807, 2.05) is 20.8 Å². The van der Waals surface area contributed by atoms with Crippen molar-refractivity contribution in [3.8, 4) is 12.3 Å². The maximum Gasteiger partial charge on any atom is 0.104 e. The Morgan fingerprint density at radius 1 is 1.62 bits per heavy atom. The van der Waals surface area contributed by atoms with Crippen LogP contribution in [0.3, 0.4) is 0 Å². The van der Waals surface area contributed by atoms with E-state index in [9.17, 15) is 0 Å². The first-order chi connectivity index (χ1) is 3.50. The van der Waals surface area contributed by atoms with Crippen LogP contribution < -0.4 is 0 Å². The lowest BCUT2D eigenvalue weighted by Gasteiger charge is -2.18. The normalized spacial score (nSPS) is 17.5. The quantitative estimate of drug-likeness (QED) is 0.377. The summed E-state index contributed by atoms with van der Waals surface area (Å²) in [5.41, 5.74) is 0. The Morgan fingerprint density at radius 3 is 2.00 bits per heavy atom. The first-order valence-corrected chi connectivity index (χ1v) is 3.05. The van der Waals surface area contributed by atoms with Crippen LogP contribution in [0.1, 0.15) is 20.8 Å². The molecule has 0 spiro atoms.